The lowest BCUT2D eigenvalue weighted by atomic mass is 10.2. The molecule has 3 aromatic heterocycles. The first-order chi connectivity index (χ1) is 11.7. The van der Waals surface area contributed by atoms with Crippen molar-refractivity contribution in [3.8, 4) is 11.5 Å². The maximum Gasteiger partial charge on any atom is 0.257 e. The van der Waals surface area contributed by atoms with Crippen molar-refractivity contribution in [2.75, 3.05) is 5.32 Å². The van der Waals surface area contributed by atoms with Crippen molar-refractivity contribution in [2.24, 2.45) is 0 Å². The molecule has 4 rings (SSSR count). The van der Waals surface area contributed by atoms with Crippen molar-refractivity contribution >= 4 is 44.9 Å². The van der Waals surface area contributed by atoms with Gasteiger partial charge >= 0.3 is 0 Å². The Kier molecular flexibility index (Phi) is 3.76. The molecule has 0 saturated heterocycles. The predicted octanol–water partition coefficient (Wildman–Crippen LogP) is 4.86. The summed E-state index contributed by atoms with van der Waals surface area (Å²) in [5.74, 6) is 0.379. The van der Waals surface area contributed by atoms with Gasteiger partial charge in [-0.15, -0.1) is 11.3 Å². The minimum Gasteiger partial charge on any atom is -0.454 e. The molecule has 4 aromatic rings. The Labute approximate surface area is 145 Å². The fourth-order valence-electron chi connectivity index (χ4n) is 2.27. The zero-order chi connectivity index (χ0) is 16.5. The Bertz CT molecular complexity index is 1010. The summed E-state index contributed by atoms with van der Waals surface area (Å²) in [6.07, 6.45) is 1.49. The van der Waals surface area contributed by atoms with Crippen LogP contribution in [0.4, 0.5) is 5.13 Å². The van der Waals surface area contributed by atoms with E-state index in [-0.39, 0.29) is 11.1 Å². The van der Waals surface area contributed by atoms with Crippen molar-refractivity contribution < 1.29 is 9.21 Å². The van der Waals surface area contributed by atoms with Crippen LogP contribution in [0.15, 0.2) is 58.5 Å². The number of carbonyl (C=O) groups is 1. The van der Waals surface area contributed by atoms with Gasteiger partial charge in [-0.3, -0.25) is 10.1 Å². The third kappa shape index (κ3) is 2.89. The van der Waals surface area contributed by atoms with Crippen molar-refractivity contribution in [1.82, 2.24) is 9.97 Å². The zero-order valence-corrected chi connectivity index (χ0v) is 13.8. The van der Waals surface area contributed by atoms with Crippen LogP contribution < -0.4 is 5.32 Å². The number of fused-ring (bicyclic) bond motifs is 1. The van der Waals surface area contributed by atoms with Gasteiger partial charge in [0.25, 0.3) is 5.91 Å². The van der Waals surface area contributed by atoms with E-state index in [2.05, 4.69) is 15.3 Å². The van der Waals surface area contributed by atoms with E-state index in [1.165, 1.54) is 23.6 Å². The number of amides is 1. The van der Waals surface area contributed by atoms with Crippen molar-refractivity contribution in [1.29, 1.82) is 0 Å². The molecule has 24 heavy (non-hydrogen) atoms. The molecule has 0 aliphatic rings. The number of anilines is 1. The first-order valence-electron chi connectivity index (χ1n) is 7.06. The number of halogens is 1. The average molecular weight is 356 g/mol. The Morgan fingerprint density at radius 2 is 2.08 bits per heavy atom. The maximum absolute atomic E-state index is 12.2. The molecule has 0 saturated carbocycles. The highest BCUT2D eigenvalue weighted by Crippen LogP contribution is 2.30. The summed E-state index contributed by atoms with van der Waals surface area (Å²) in [5.41, 5.74) is 1.91. The molecule has 1 amide bonds. The molecule has 5 nitrogen and oxygen atoms in total. The number of thiazole rings is 1. The van der Waals surface area contributed by atoms with Crippen LogP contribution in [-0.2, 0) is 0 Å². The molecule has 7 heteroatoms. The molecule has 1 aromatic carbocycles. The summed E-state index contributed by atoms with van der Waals surface area (Å²) in [6.45, 7) is 0. The second kappa shape index (κ2) is 6.07. The number of hydrogen-bond acceptors (Lipinski definition) is 5. The number of nitrogens with one attached hydrogen (secondary N) is 1. The highest BCUT2D eigenvalue weighted by Gasteiger charge is 2.13. The predicted molar refractivity (Wildman–Crippen MR) is 94.5 cm³/mol. The number of rotatable bonds is 3. The maximum atomic E-state index is 12.2. The molecule has 0 fully saturated rings. The second-order valence-corrected chi connectivity index (χ2v) is 6.25. The van der Waals surface area contributed by atoms with Crippen LogP contribution in [0.3, 0.4) is 0 Å². The Morgan fingerprint density at radius 3 is 2.92 bits per heavy atom. The third-order valence-corrected chi connectivity index (χ3v) is 4.36. The SMILES string of the molecule is O=C(Nc1nc(-c2cc3ccccc3o2)cs1)c1ccnc(Cl)c1. The van der Waals surface area contributed by atoms with Gasteiger partial charge in [-0.1, -0.05) is 29.8 Å². The summed E-state index contributed by atoms with van der Waals surface area (Å²) in [4.78, 5) is 20.5. The molecule has 118 valence electrons. The largest absolute Gasteiger partial charge is 0.454 e. The number of hydrogen-bond donors (Lipinski definition) is 1. The number of para-hydroxylation sites is 1. The first-order valence-corrected chi connectivity index (χ1v) is 8.32. The van der Waals surface area contributed by atoms with Crippen molar-refractivity contribution in [2.45, 2.75) is 0 Å². The molecule has 3 heterocycles. The molecule has 0 atom stereocenters. The highest BCUT2D eigenvalue weighted by atomic mass is 35.5. The summed E-state index contributed by atoms with van der Waals surface area (Å²) < 4.78 is 5.78. The monoisotopic (exact) mass is 355 g/mol. The summed E-state index contributed by atoms with van der Waals surface area (Å²) >= 11 is 7.13. The van der Waals surface area contributed by atoms with Crippen LogP contribution in [-0.4, -0.2) is 15.9 Å². The number of aromatic nitrogens is 2. The standard InChI is InChI=1S/C17H10ClN3O2S/c18-15-8-11(5-6-19-15)16(22)21-17-20-12(9-24-17)14-7-10-3-1-2-4-13(10)23-14/h1-9H,(H,20,21,22). The number of furan rings is 1. The summed E-state index contributed by atoms with van der Waals surface area (Å²) in [5, 5.41) is 6.36. The van der Waals surface area contributed by atoms with Crippen molar-refractivity contribution in [3.05, 3.63) is 64.8 Å². The van der Waals surface area contributed by atoms with Crippen LogP contribution in [0.5, 0.6) is 0 Å². The fourth-order valence-corrected chi connectivity index (χ4v) is 3.13. The number of carbonyl (C=O) groups excluding carboxylic acids is 1. The van der Waals surface area contributed by atoms with Crippen molar-refractivity contribution in [3.63, 3.8) is 0 Å². The van der Waals surface area contributed by atoms with E-state index in [9.17, 15) is 4.79 Å². The average Bonchev–Trinajstić information content (AvgIpc) is 3.21. The van der Waals surface area contributed by atoms with Crippen LogP contribution >= 0.6 is 22.9 Å². The van der Waals surface area contributed by atoms with Gasteiger partial charge in [-0.25, -0.2) is 9.97 Å². The summed E-state index contributed by atoms with van der Waals surface area (Å²) in [7, 11) is 0. The van der Waals surface area contributed by atoms with Gasteiger partial charge in [0.05, 0.1) is 0 Å². The third-order valence-electron chi connectivity index (χ3n) is 3.39. The lowest BCUT2D eigenvalue weighted by Gasteiger charge is -2.01. The molecule has 0 radical (unpaired) electrons. The van der Waals surface area contributed by atoms with Gasteiger partial charge in [-0.05, 0) is 24.3 Å². The molecule has 1 N–H and O–H groups in total. The molecule has 0 bridgehead atoms. The topological polar surface area (TPSA) is 68.0 Å². The van der Waals surface area contributed by atoms with E-state index in [0.717, 1.165) is 11.0 Å². The highest BCUT2D eigenvalue weighted by molar-refractivity contribution is 7.14. The molecular formula is C17H10ClN3O2S. The zero-order valence-electron chi connectivity index (χ0n) is 12.2. The summed E-state index contributed by atoms with van der Waals surface area (Å²) in [6, 6.07) is 12.8. The lowest BCUT2D eigenvalue weighted by molar-refractivity contribution is 0.102. The molecule has 0 aliphatic heterocycles. The quantitative estimate of drug-likeness (QED) is 0.533. The minimum atomic E-state index is -0.287. The normalized spacial score (nSPS) is 10.9. The fraction of sp³-hybridized carbons (Fsp3) is 0. The lowest BCUT2D eigenvalue weighted by Crippen LogP contribution is -2.11. The minimum absolute atomic E-state index is 0.268. The molecule has 0 spiro atoms. The van der Waals surface area contributed by atoms with E-state index in [4.69, 9.17) is 16.0 Å². The first kappa shape index (κ1) is 14.9. The smallest absolute Gasteiger partial charge is 0.257 e. The van der Waals surface area contributed by atoms with Gasteiger partial charge < -0.3 is 4.42 Å². The van der Waals surface area contributed by atoms with E-state index >= 15 is 0 Å². The second-order valence-electron chi connectivity index (χ2n) is 5.01. The van der Waals surface area contributed by atoms with Gasteiger partial charge in [-0.2, -0.15) is 0 Å². The van der Waals surface area contributed by atoms with E-state index in [0.29, 0.717) is 22.1 Å². The number of benzene rings is 1. The Morgan fingerprint density at radius 1 is 1.21 bits per heavy atom. The van der Waals surface area contributed by atoms with Crippen LogP contribution in [0.2, 0.25) is 5.15 Å². The van der Waals surface area contributed by atoms with Crippen LogP contribution in [0.1, 0.15) is 10.4 Å². The Hall–Kier alpha value is -2.70. The van der Waals surface area contributed by atoms with E-state index < -0.39 is 0 Å². The van der Waals surface area contributed by atoms with Gasteiger partial charge in [0.15, 0.2) is 10.9 Å². The van der Waals surface area contributed by atoms with Gasteiger partial charge in [0.1, 0.15) is 16.4 Å². The number of pyridine rings is 1. The van der Waals surface area contributed by atoms with Crippen LogP contribution in [0, 0.1) is 0 Å². The molecule has 0 unspecified atom stereocenters. The van der Waals surface area contributed by atoms with Crippen LogP contribution in [0.25, 0.3) is 22.4 Å². The number of nitrogens with zero attached hydrogens (tertiary/aromatic N) is 2. The van der Waals surface area contributed by atoms with Gasteiger partial charge in [0.2, 0.25) is 0 Å². The van der Waals surface area contributed by atoms with E-state index in [1.54, 1.807) is 6.07 Å². The molecular weight excluding hydrogens is 346 g/mol. The van der Waals surface area contributed by atoms with E-state index in [1.807, 2.05) is 35.7 Å². The molecule has 0 aliphatic carbocycles. The van der Waals surface area contributed by atoms with Gasteiger partial charge in [0, 0.05) is 22.5 Å². The Balaban J connectivity index is 1.57.